The molecule has 1 amide bonds. The van der Waals surface area contributed by atoms with E-state index in [4.69, 9.17) is 0 Å². The van der Waals surface area contributed by atoms with Crippen molar-refractivity contribution in [3.8, 4) is 0 Å². The highest BCUT2D eigenvalue weighted by Crippen LogP contribution is 2.12. The Balaban J connectivity index is 2.06. The van der Waals surface area contributed by atoms with Gasteiger partial charge in [0.25, 0.3) is 21.6 Å². The molecule has 2 aromatic carbocycles. The number of nitro groups is 1. The molecular weight excluding hydrogens is 322 g/mol. The van der Waals surface area contributed by atoms with Crippen molar-refractivity contribution in [1.29, 1.82) is 0 Å². The molecule has 0 aliphatic carbocycles. The number of nitrogens with zero attached hydrogens (tertiary/aromatic N) is 1. The van der Waals surface area contributed by atoms with Crippen LogP contribution in [0.15, 0.2) is 53.4 Å². The summed E-state index contributed by atoms with van der Waals surface area (Å²) in [7, 11) is -3.89. The summed E-state index contributed by atoms with van der Waals surface area (Å²) in [5, 5.41) is 10.5. The molecule has 2 rings (SSSR count). The van der Waals surface area contributed by atoms with E-state index in [-0.39, 0.29) is 16.1 Å². The van der Waals surface area contributed by atoms with E-state index in [1.54, 1.807) is 12.1 Å². The fourth-order valence-electron chi connectivity index (χ4n) is 1.70. The Bertz CT molecular complexity index is 830. The number of benzene rings is 2. The zero-order chi connectivity index (χ0) is 17.0. The van der Waals surface area contributed by atoms with Crippen LogP contribution in [0.3, 0.4) is 0 Å². The van der Waals surface area contributed by atoms with Gasteiger partial charge < -0.3 is 0 Å². The predicted octanol–water partition coefficient (Wildman–Crippen LogP) is 1.53. The summed E-state index contributed by atoms with van der Waals surface area (Å²) in [6.45, 7) is 1.82. The lowest BCUT2D eigenvalue weighted by atomic mass is 10.2. The first-order valence-electron chi connectivity index (χ1n) is 6.43. The van der Waals surface area contributed by atoms with Gasteiger partial charge in [-0.1, -0.05) is 17.7 Å². The Kier molecular flexibility index (Phi) is 4.72. The zero-order valence-corrected chi connectivity index (χ0v) is 12.8. The fourth-order valence-corrected chi connectivity index (χ4v) is 2.54. The maximum absolute atomic E-state index is 12.0. The van der Waals surface area contributed by atoms with Crippen LogP contribution < -0.4 is 10.3 Å². The van der Waals surface area contributed by atoms with Gasteiger partial charge in [0.2, 0.25) is 0 Å². The van der Waals surface area contributed by atoms with Gasteiger partial charge in [-0.05, 0) is 31.2 Å². The van der Waals surface area contributed by atoms with Crippen LogP contribution in [-0.2, 0) is 10.0 Å². The highest BCUT2D eigenvalue weighted by molar-refractivity contribution is 7.89. The van der Waals surface area contributed by atoms with Gasteiger partial charge in [0.05, 0.1) is 9.82 Å². The highest BCUT2D eigenvalue weighted by Gasteiger charge is 2.16. The van der Waals surface area contributed by atoms with Crippen LogP contribution in [0.1, 0.15) is 15.9 Å². The van der Waals surface area contributed by atoms with Crippen molar-refractivity contribution in [3.05, 3.63) is 69.8 Å². The van der Waals surface area contributed by atoms with E-state index in [2.05, 4.69) is 5.43 Å². The smallest absolute Gasteiger partial charge is 0.269 e. The molecule has 0 radical (unpaired) electrons. The van der Waals surface area contributed by atoms with Crippen molar-refractivity contribution in [2.45, 2.75) is 11.8 Å². The number of carbonyl (C=O) groups is 1. The van der Waals surface area contributed by atoms with Crippen molar-refractivity contribution < 1.29 is 18.1 Å². The molecule has 8 nitrogen and oxygen atoms in total. The maximum atomic E-state index is 12.0. The molecule has 0 bridgehead atoms. The molecular formula is C14H13N3O5S. The Morgan fingerprint density at radius 2 is 1.61 bits per heavy atom. The van der Waals surface area contributed by atoms with Crippen molar-refractivity contribution in [2.75, 3.05) is 0 Å². The van der Waals surface area contributed by atoms with Gasteiger partial charge in [0.15, 0.2) is 0 Å². The van der Waals surface area contributed by atoms with Crippen LogP contribution in [0.5, 0.6) is 0 Å². The second-order valence-electron chi connectivity index (χ2n) is 4.68. The number of non-ortho nitro benzene ring substituents is 1. The van der Waals surface area contributed by atoms with Crippen molar-refractivity contribution in [1.82, 2.24) is 10.3 Å². The first-order chi connectivity index (χ1) is 10.8. The summed E-state index contributed by atoms with van der Waals surface area (Å²) in [5.41, 5.74) is 2.88. The average molecular weight is 335 g/mol. The molecule has 2 N–H and O–H groups in total. The summed E-state index contributed by atoms with van der Waals surface area (Å²) in [6.07, 6.45) is 0. The minimum atomic E-state index is -3.89. The van der Waals surface area contributed by atoms with Gasteiger partial charge in [0.1, 0.15) is 0 Å². The van der Waals surface area contributed by atoms with E-state index in [0.29, 0.717) is 0 Å². The van der Waals surface area contributed by atoms with Gasteiger partial charge in [-0.25, -0.2) is 8.42 Å². The van der Waals surface area contributed by atoms with Crippen molar-refractivity contribution in [3.63, 3.8) is 0 Å². The number of hydrogen-bond acceptors (Lipinski definition) is 5. The summed E-state index contributed by atoms with van der Waals surface area (Å²) in [4.78, 5) is 23.8. The number of nitro benzene ring substituents is 1. The van der Waals surface area contributed by atoms with Crippen molar-refractivity contribution in [2.24, 2.45) is 0 Å². The number of carbonyl (C=O) groups excluding carboxylic acids is 1. The van der Waals surface area contributed by atoms with E-state index >= 15 is 0 Å². The Hall–Kier alpha value is -2.78. The maximum Gasteiger partial charge on any atom is 0.269 e. The highest BCUT2D eigenvalue weighted by atomic mass is 32.2. The minimum Gasteiger partial charge on any atom is -0.273 e. The van der Waals surface area contributed by atoms with Gasteiger partial charge in [0, 0.05) is 17.7 Å². The van der Waals surface area contributed by atoms with E-state index in [9.17, 15) is 23.3 Å². The van der Waals surface area contributed by atoms with Gasteiger partial charge >= 0.3 is 0 Å². The number of rotatable bonds is 5. The lowest BCUT2D eigenvalue weighted by molar-refractivity contribution is -0.384. The SMILES string of the molecule is Cc1ccc(S(=O)(=O)NNC(=O)c2ccc([N+](=O)[O-])cc2)cc1. The Labute approximate surface area is 132 Å². The molecule has 0 saturated heterocycles. The third-order valence-electron chi connectivity index (χ3n) is 2.97. The molecule has 0 atom stereocenters. The number of aryl methyl sites for hydroxylation is 1. The van der Waals surface area contributed by atoms with Crippen LogP contribution in [0, 0.1) is 17.0 Å². The molecule has 0 aromatic heterocycles. The lowest BCUT2D eigenvalue weighted by Gasteiger charge is -2.08. The third-order valence-corrected chi connectivity index (χ3v) is 4.23. The summed E-state index contributed by atoms with van der Waals surface area (Å²) < 4.78 is 24.0. The Morgan fingerprint density at radius 1 is 1.04 bits per heavy atom. The zero-order valence-electron chi connectivity index (χ0n) is 12.0. The van der Waals surface area contributed by atoms with Gasteiger partial charge in [-0.2, -0.15) is 0 Å². The average Bonchev–Trinajstić information content (AvgIpc) is 2.53. The quantitative estimate of drug-likeness (QED) is 0.634. The number of hydrazine groups is 1. The first-order valence-corrected chi connectivity index (χ1v) is 7.91. The van der Waals surface area contributed by atoms with E-state index in [1.165, 1.54) is 24.3 Å². The minimum absolute atomic E-state index is 0.00657. The predicted molar refractivity (Wildman–Crippen MR) is 82.1 cm³/mol. The van der Waals surface area contributed by atoms with Crippen molar-refractivity contribution >= 4 is 21.6 Å². The molecule has 0 aliphatic heterocycles. The van der Waals surface area contributed by atoms with Crippen LogP contribution in [0.2, 0.25) is 0 Å². The molecule has 0 spiro atoms. The second kappa shape index (κ2) is 6.55. The van der Waals surface area contributed by atoms with Crippen LogP contribution in [-0.4, -0.2) is 19.2 Å². The van der Waals surface area contributed by atoms with E-state index < -0.39 is 20.9 Å². The van der Waals surface area contributed by atoms with E-state index in [0.717, 1.165) is 17.7 Å². The molecule has 2 aromatic rings. The molecule has 120 valence electrons. The normalized spacial score (nSPS) is 11.0. The standard InChI is InChI=1S/C14H13N3O5S/c1-10-2-8-13(9-3-10)23(21,22)16-15-14(18)11-4-6-12(7-5-11)17(19)20/h2-9,16H,1H3,(H,15,18). The number of sulfonamides is 1. The number of hydrogen-bond donors (Lipinski definition) is 2. The molecule has 0 saturated carbocycles. The molecule has 0 heterocycles. The van der Waals surface area contributed by atoms with Crippen LogP contribution in [0.4, 0.5) is 5.69 Å². The van der Waals surface area contributed by atoms with E-state index in [1.807, 2.05) is 11.8 Å². The summed E-state index contributed by atoms with van der Waals surface area (Å²) in [5.74, 6) is -0.726. The molecule has 0 unspecified atom stereocenters. The summed E-state index contributed by atoms with van der Waals surface area (Å²) >= 11 is 0. The monoisotopic (exact) mass is 335 g/mol. The van der Waals surface area contributed by atoms with Gasteiger partial charge in [-0.15, -0.1) is 4.83 Å². The van der Waals surface area contributed by atoms with Crippen LogP contribution in [0.25, 0.3) is 0 Å². The first kappa shape index (κ1) is 16.6. The van der Waals surface area contributed by atoms with Gasteiger partial charge in [-0.3, -0.25) is 20.3 Å². The lowest BCUT2D eigenvalue weighted by Crippen LogP contribution is -2.41. The Morgan fingerprint density at radius 3 is 2.13 bits per heavy atom. The molecule has 0 fully saturated rings. The largest absolute Gasteiger partial charge is 0.273 e. The topological polar surface area (TPSA) is 118 Å². The fraction of sp³-hybridized carbons (Fsp3) is 0.0714. The molecule has 0 aliphatic rings. The second-order valence-corrected chi connectivity index (χ2v) is 6.36. The number of nitrogens with one attached hydrogen (secondary N) is 2. The van der Waals surface area contributed by atoms with Crippen LogP contribution >= 0.6 is 0 Å². The summed E-state index contributed by atoms with van der Waals surface area (Å²) in [6, 6.07) is 10.9. The molecule has 23 heavy (non-hydrogen) atoms. The molecule has 9 heteroatoms. The third kappa shape index (κ3) is 4.11. The number of amides is 1.